The Balaban J connectivity index is 1.73. The van der Waals surface area contributed by atoms with Gasteiger partial charge in [-0.3, -0.25) is 0 Å². The fourth-order valence-corrected chi connectivity index (χ4v) is 5.12. The molecule has 0 fully saturated rings. The molecule has 132 valence electrons. The number of pyridine rings is 1. The quantitative estimate of drug-likeness (QED) is 0.694. The van der Waals surface area contributed by atoms with Gasteiger partial charge in [0.1, 0.15) is 4.21 Å². The summed E-state index contributed by atoms with van der Waals surface area (Å²) in [5, 5.41) is 4.52. The number of nitrogens with zero attached hydrogens (tertiary/aromatic N) is 3. The van der Waals surface area contributed by atoms with Crippen LogP contribution in [0.5, 0.6) is 0 Å². The van der Waals surface area contributed by atoms with Crippen molar-refractivity contribution in [3.8, 4) is 5.82 Å². The normalized spacial score (nSPS) is 11.8. The Morgan fingerprint density at radius 2 is 2.04 bits per heavy atom. The fourth-order valence-electron chi connectivity index (χ4n) is 2.56. The first-order valence-electron chi connectivity index (χ1n) is 7.60. The molecule has 0 aliphatic rings. The molecule has 3 aromatic heterocycles. The lowest BCUT2D eigenvalue weighted by Gasteiger charge is -2.06. The number of aryl methyl sites for hydroxylation is 1. The van der Waals surface area contributed by atoms with Gasteiger partial charge >= 0.3 is 0 Å². The van der Waals surface area contributed by atoms with Gasteiger partial charge < -0.3 is 0 Å². The van der Waals surface area contributed by atoms with Gasteiger partial charge in [-0.25, -0.2) is 22.8 Å². The summed E-state index contributed by atoms with van der Waals surface area (Å²) in [7, 11) is -3.54. The highest BCUT2D eigenvalue weighted by Gasteiger charge is 2.18. The Morgan fingerprint density at radius 3 is 2.68 bits per heavy atom. The third kappa shape index (κ3) is 3.92. The zero-order chi connectivity index (χ0) is 18.0. The molecule has 0 aromatic carbocycles. The van der Waals surface area contributed by atoms with E-state index in [-0.39, 0.29) is 10.8 Å². The summed E-state index contributed by atoms with van der Waals surface area (Å²) in [6.45, 7) is 4.15. The smallest absolute Gasteiger partial charge is 0.237 e. The van der Waals surface area contributed by atoms with Crippen molar-refractivity contribution < 1.29 is 8.42 Å². The first kappa shape index (κ1) is 18.1. The summed E-state index contributed by atoms with van der Waals surface area (Å²) < 4.78 is 29.5. The number of hydrogen-bond donors (Lipinski definition) is 1. The lowest BCUT2D eigenvalue weighted by Crippen LogP contribution is -2.25. The summed E-state index contributed by atoms with van der Waals surface area (Å²) >= 11 is 6.85. The Hall–Kier alpha value is -1.74. The third-order valence-electron chi connectivity index (χ3n) is 3.79. The molecule has 0 bridgehead atoms. The molecule has 25 heavy (non-hydrogen) atoms. The van der Waals surface area contributed by atoms with Crippen molar-refractivity contribution in [3.63, 3.8) is 0 Å². The van der Waals surface area contributed by atoms with Crippen molar-refractivity contribution in [2.75, 3.05) is 6.54 Å². The van der Waals surface area contributed by atoms with E-state index in [1.165, 1.54) is 6.07 Å². The molecule has 3 aromatic rings. The maximum atomic E-state index is 12.2. The minimum Gasteiger partial charge on any atom is -0.237 e. The molecule has 0 spiro atoms. The summed E-state index contributed by atoms with van der Waals surface area (Å²) in [6.07, 6.45) is 2.26. The molecule has 0 unspecified atom stereocenters. The summed E-state index contributed by atoms with van der Waals surface area (Å²) in [4.78, 5) is 4.30. The molecule has 0 aliphatic heterocycles. The second kappa shape index (κ2) is 7.25. The van der Waals surface area contributed by atoms with Gasteiger partial charge in [0.05, 0.1) is 10.0 Å². The lowest BCUT2D eigenvalue weighted by molar-refractivity contribution is 0.583. The molecule has 0 atom stereocenters. The van der Waals surface area contributed by atoms with Crippen LogP contribution in [0.15, 0.2) is 40.7 Å². The minimum absolute atomic E-state index is 0.218. The molecule has 0 amide bonds. The number of halogens is 1. The van der Waals surface area contributed by atoms with Crippen LogP contribution in [0.4, 0.5) is 0 Å². The molecule has 6 nitrogen and oxygen atoms in total. The molecule has 0 saturated carbocycles. The maximum absolute atomic E-state index is 12.2. The summed E-state index contributed by atoms with van der Waals surface area (Å²) in [5.41, 5.74) is 2.83. The number of sulfonamides is 1. The number of hydrogen-bond acceptors (Lipinski definition) is 5. The van der Waals surface area contributed by atoms with Gasteiger partial charge in [-0.1, -0.05) is 17.7 Å². The average molecular weight is 397 g/mol. The number of rotatable bonds is 6. The molecule has 9 heteroatoms. The van der Waals surface area contributed by atoms with Gasteiger partial charge in [0.2, 0.25) is 10.0 Å². The zero-order valence-electron chi connectivity index (χ0n) is 13.7. The van der Waals surface area contributed by atoms with E-state index in [9.17, 15) is 8.42 Å². The standard InChI is InChI=1S/C16H17ClN4O2S2/c1-11-13(12(2)21(20-11)15-5-3-4-9-18-15)8-10-19-25(22,23)16-7-6-14(17)24-16/h3-7,9,19H,8,10H2,1-2H3. The minimum atomic E-state index is -3.54. The maximum Gasteiger partial charge on any atom is 0.250 e. The molecule has 0 saturated heterocycles. The number of thiophene rings is 1. The average Bonchev–Trinajstić information content (AvgIpc) is 3.14. The highest BCUT2D eigenvalue weighted by molar-refractivity contribution is 7.91. The SMILES string of the molecule is Cc1nn(-c2ccccn2)c(C)c1CCNS(=O)(=O)c1ccc(Cl)s1. The van der Waals surface area contributed by atoms with Crippen molar-refractivity contribution >= 4 is 33.0 Å². The van der Waals surface area contributed by atoms with Crippen molar-refractivity contribution in [1.82, 2.24) is 19.5 Å². The topological polar surface area (TPSA) is 76.9 Å². The van der Waals surface area contributed by atoms with E-state index in [1.54, 1.807) is 16.9 Å². The van der Waals surface area contributed by atoms with Crippen LogP contribution in [-0.2, 0) is 16.4 Å². The van der Waals surface area contributed by atoms with Crippen LogP contribution in [0, 0.1) is 13.8 Å². The van der Waals surface area contributed by atoms with E-state index in [0.29, 0.717) is 10.8 Å². The van der Waals surface area contributed by atoms with Crippen LogP contribution < -0.4 is 4.72 Å². The largest absolute Gasteiger partial charge is 0.250 e. The Labute approximate surface area is 155 Å². The third-order valence-corrected chi connectivity index (χ3v) is 6.97. The fraction of sp³-hybridized carbons (Fsp3) is 0.250. The van der Waals surface area contributed by atoms with Gasteiger partial charge in [0, 0.05) is 18.4 Å². The van der Waals surface area contributed by atoms with Crippen molar-refractivity contribution in [1.29, 1.82) is 0 Å². The van der Waals surface area contributed by atoms with E-state index < -0.39 is 10.0 Å². The molecule has 0 radical (unpaired) electrons. The van der Waals surface area contributed by atoms with E-state index in [1.807, 2.05) is 32.0 Å². The Morgan fingerprint density at radius 1 is 1.24 bits per heavy atom. The van der Waals surface area contributed by atoms with E-state index in [2.05, 4.69) is 14.8 Å². The van der Waals surface area contributed by atoms with Crippen LogP contribution in [0.25, 0.3) is 5.82 Å². The van der Waals surface area contributed by atoms with Crippen LogP contribution in [-0.4, -0.2) is 29.7 Å². The molecule has 3 heterocycles. The van der Waals surface area contributed by atoms with Crippen LogP contribution in [0.2, 0.25) is 4.34 Å². The van der Waals surface area contributed by atoms with Gasteiger partial charge in [-0.05, 0) is 50.1 Å². The van der Waals surface area contributed by atoms with E-state index >= 15 is 0 Å². The second-order valence-corrected chi connectivity index (χ2v) is 9.16. The second-order valence-electron chi connectivity index (χ2n) is 5.46. The van der Waals surface area contributed by atoms with Gasteiger partial charge in [-0.15, -0.1) is 11.3 Å². The first-order chi connectivity index (χ1) is 11.9. The predicted molar refractivity (Wildman–Crippen MR) is 99.1 cm³/mol. The van der Waals surface area contributed by atoms with Gasteiger partial charge in [0.15, 0.2) is 5.82 Å². The molecule has 1 N–H and O–H groups in total. The number of nitrogens with one attached hydrogen (secondary N) is 1. The van der Waals surface area contributed by atoms with Crippen LogP contribution >= 0.6 is 22.9 Å². The molecule has 3 rings (SSSR count). The van der Waals surface area contributed by atoms with Crippen LogP contribution in [0.1, 0.15) is 17.0 Å². The van der Waals surface area contributed by atoms with E-state index in [0.717, 1.165) is 34.1 Å². The van der Waals surface area contributed by atoms with Crippen molar-refractivity contribution in [2.45, 2.75) is 24.5 Å². The molecular formula is C16H17ClN4O2S2. The summed E-state index contributed by atoms with van der Waals surface area (Å²) in [6, 6.07) is 8.71. The highest BCUT2D eigenvalue weighted by atomic mass is 35.5. The van der Waals surface area contributed by atoms with Gasteiger partial charge in [0.25, 0.3) is 0 Å². The molecule has 0 aliphatic carbocycles. The number of aromatic nitrogens is 3. The monoisotopic (exact) mass is 396 g/mol. The Bertz CT molecular complexity index is 981. The zero-order valence-corrected chi connectivity index (χ0v) is 16.1. The van der Waals surface area contributed by atoms with E-state index in [4.69, 9.17) is 11.6 Å². The van der Waals surface area contributed by atoms with Crippen LogP contribution in [0.3, 0.4) is 0 Å². The first-order valence-corrected chi connectivity index (χ1v) is 10.3. The molecular weight excluding hydrogens is 380 g/mol. The van der Waals surface area contributed by atoms with Crippen molar-refractivity contribution in [2.24, 2.45) is 0 Å². The summed E-state index contributed by atoms with van der Waals surface area (Å²) in [5.74, 6) is 0.739. The van der Waals surface area contributed by atoms with Crippen molar-refractivity contribution in [3.05, 3.63) is 57.8 Å². The van der Waals surface area contributed by atoms with Gasteiger partial charge in [-0.2, -0.15) is 5.10 Å². The highest BCUT2D eigenvalue weighted by Crippen LogP contribution is 2.25. The lowest BCUT2D eigenvalue weighted by atomic mass is 10.1. The Kier molecular flexibility index (Phi) is 5.24. The predicted octanol–water partition coefficient (Wildman–Crippen LogP) is 3.12.